The van der Waals surface area contributed by atoms with Crippen molar-refractivity contribution < 1.29 is 9.84 Å². The molecule has 0 unspecified atom stereocenters. The van der Waals surface area contributed by atoms with Crippen molar-refractivity contribution >= 4 is 0 Å². The summed E-state index contributed by atoms with van der Waals surface area (Å²) in [5.41, 5.74) is 5.78. The summed E-state index contributed by atoms with van der Waals surface area (Å²) in [6, 6.07) is 0. The van der Waals surface area contributed by atoms with Crippen molar-refractivity contribution in [1.82, 2.24) is 0 Å². The first-order chi connectivity index (χ1) is 4.77. The van der Waals surface area contributed by atoms with Gasteiger partial charge in [-0.1, -0.05) is 0 Å². The average Bonchev–Trinajstić information content (AvgIpc) is 1.89. The predicted octanol–water partition coefficient (Wildman–Crippen LogP) is -0.123. The van der Waals surface area contributed by atoms with Crippen LogP contribution >= 0.6 is 0 Å². The van der Waals surface area contributed by atoms with Crippen molar-refractivity contribution in [3.8, 4) is 0 Å². The summed E-state index contributed by atoms with van der Waals surface area (Å²) >= 11 is 0. The Morgan fingerprint density at radius 2 is 2.00 bits per heavy atom. The molecule has 1 fully saturated rings. The number of nitrogens with two attached hydrogens (primary N) is 1. The first-order valence-corrected chi connectivity index (χ1v) is 3.74. The Balaban J connectivity index is 2.32. The Labute approximate surface area is 61.2 Å². The van der Waals surface area contributed by atoms with Crippen LogP contribution in [0.1, 0.15) is 19.3 Å². The normalized spacial score (nSPS) is 24.6. The van der Waals surface area contributed by atoms with Crippen molar-refractivity contribution in [1.29, 1.82) is 0 Å². The van der Waals surface area contributed by atoms with E-state index in [0.717, 1.165) is 26.1 Å². The van der Waals surface area contributed by atoms with Crippen LogP contribution in [0.25, 0.3) is 0 Å². The SMILES string of the molecule is NC1(CCO)CCOCC1. The average molecular weight is 145 g/mol. The molecule has 0 radical (unpaired) electrons. The molecule has 0 amide bonds. The molecule has 3 nitrogen and oxygen atoms in total. The zero-order valence-electron chi connectivity index (χ0n) is 6.18. The lowest BCUT2D eigenvalue weighted by Crippen LogP contribution is -2.45. The molecule has 0 aromatic rings. The van der Waals surface area contributed by atoms with E-state index in [9.17, 15) is 0 Å². The van der Waals surface area contributed by atoms with Crippen LogP contribution in [0.5, 0.6) is 0 Å². The zero-order chi connectivity index (χ0) is 7.45. The second-order valence-electron chi connectivity index (χ2n) is 2.95. The lowest BCUT2D eigenvalue weighted by Gasteiger charge is -2.32. The van der Waals surface area contributed by atoms with Gasteiger partial charge in [-0.25, -0.2) is 0 Å². The Kier molecular flexibility index (Phi) is 2.65. The number of aliphatic hydroxyl groups is 1. The van der Waals surface area contributed by atoms with Crippen LogP contribution in [0.3, 0.4) is 0 Å². The second kappa shape index (κ2) is 3.32. The minimum absolute atomic E-state index is 0.146. The fourth-order valence-corrected chi connectivity index (χ4v) is 1.25. The molecule has 0 atom stereocenters. The van der Waals surface area contributed by atoms with Gasteiger partial charge in [0, 0.05) is 25.4 Å². The van der Waals surface area contributed by atoms with Gasteiger partial charge in [0.05, 0.1) is 0 Å². The Morgan fingerprint density at radius 1 is 1.40 bits per heavy atom. The summed E-state index contributed by atoms with van der Waals surface area (Å²) in [5.74, 6) is 0. The molecule has 1 aliphatic rings. The van der Waals surface area contributed by atoms with Crippen LogP contribution in [0.15, 0.2) is 0 Å². The fourth-order valence-electron chi connectivity index (χ4n) is 1.25. The van der Waals surface area contributed by atoms with E-state index >= 15 is 0 Å². The van der Waals surface area contributed by atoms with E-state index in [2.05, 4.69) is 0 Å². The second-order valence-corrected chi connectivity index (χ2v) is 2.95. The highest BCUT2D eigenvalue weighted by atomic mass is 16.5. The molecule has 3 N–H and O–H groups in total. The van der Waals surface area contributed by atoms with Crippen molar-refractivity contribution in [3.05, 3.63) is 0 Å². The molecule has 0 aliphatic carbocycles. The highest BCUT2D eigenvalue weighted by Crippen LogP contribution is 2.20. The summed E-state index contributed by atoms with van der Waals surface area (Å²) in [4.78, 5) is 0. The Hall–Kier alpha value is -0.120. The third-order valence-electron chi connectivity index (χ3n) is 2.10. The van der Waals surface area contributed by atoms with E-state index < -0.39 is 0 Å². The quantitative estimate of drug-likeness (QED) is 0.569. The molecule has 1 aliphatic heterocycles. The van der Waals surface area contributed by atoms with Gasteiger partial charge < -0.3 is 15.6 Å². The topological polar surface area (TPSA) is 55.5 Å². The fraction of sp³-hybridized carbons (Fsp3) is 1.00. The highest BCUT2D eigenvalue weighted by Gasteiger charge is 2.26. The minimum atomic E-state index is -0.146. The van der Waals surface area contributed by atoms with E-state index in [1.165, 1.54) is 0 Å². The van der Waals surface area contributed by atoms with Gasteiger partial charge in [-0.15, -0.1) is 0 Å². The molecule has 0 aromatic heterocycles. The van der Waals surface area contributed by atoms with Crippen LogP contribution in [0.4, 0.5) is 0 Å². The van der Waals surface area contributed by atoms with Crippen molar-refractivity contribution in [3.63, 3.8) is 0 Å². The van der Waals surface area contributed by atoms with E-state index in [0.29, 0.717) is 6.42 Å². The number of hydrogen-bond acceptors (Lipinski definition) is 3. The number of hydrogen-bond donors (Lipinski definition) is 2. The van der Waals surface area contributed by atoms with Crippen molar-refractivity contribution in [2.24, 2.45) is 5.73 Å². The monoisotopic (exact) mass is 145 g/mol. The molecule has 0 spiro atoms. The summed E-state index contributed by atoms with van der Waals surface area (Å²) in [6.45, 7) is 1.68. The van der Waals surface area contributed by atoms with Crippen LogP contribution in [-0.2, 0) is 4.74 Å². The molecule has 3 heteroatoms. The van der Waals surface area contributed by atoms with Gasteiger partial charge in [-0.05, 0) is 19.3 Å². The molecule has 10 heavy (non-hydrogen) atoms. The highest BCUT2D eigenvalue weighted by molar-refractivity contribution is 4.85. The van der Waals surface area contributed by atoms with Gasteiger partial charge in [0.2, 0.25) is 0 Å². The first-order valence-electron chi connectivity index (χ1n) is 3.74. The molecule has 0 saturated carbocycles. The molecule has 1 rings (SSSR count). The van der Waals surface area contributed by atoms with E-state index in [-0.39, 0.29) is 12.1 Å². The third-order valence-corrected chi connectivity index (χ3v) is 2.10. The maximum atomic E-state index is 8.66. The molecule has 0 bridgehead atoms. The Bertz CT molecular complexity index is 94.3. The molecule has 1 heterocycles. The van der Waals surface area contributed by atoms with Crippen LogP contribution in [-0.4, -0.2) is 30.5 Å². The third kappa shape index (κ3) is 1.94. The van der Waals surface area contributed by atoms with Crippen molar-refractivity contribution in [2.45, 2.75) is 24.8 Å². The smallest absolute Gasteiger partial charge is 0.0483 e. The van der Waals surface area contributed by atoms with Crippen LogP contribution in [0, 0.1) is 0 Å². The molecular formula is C7H15NO2. The summed E-state index contributed by atoms with van der Waals surface area (Å²) in [6.07, 6.45) is 2.47. The molecular weight excluding hydrogens is 130 g/mol. The van der Waals surface area contributed by atoms with Gasteiger partial charge in [0.1, 0.15) is 0 Å². The number of rotatable bonds is 2. The lowest BCUT2D eigenvalue weighted by molar-refractivity contribution is 0.0438. The number of ether oxygens (including phenoxy) is 1. The van der Waals surface area contributed by atoms with Crippen molar-refractivity contribution in [2.75, 3.05) is 19.8 Å². The van der Waals surface area contributed by atoms with Gasteiger partial charge in [0.25, 0.3) is 0 Å². The standard InChI is InChI=1S/C7H15NO2/c8-7(1-4-9)2-5-10-6-3-7/h9H,1-6,8H2. The van der Waals surface area contributed by atoms with Crippen LogP contribution < -0.4 is 5.73 Å². The van der Waals surface area contributed by atoms with Gasteiger partial charge in [-0.2, -0.15) is 0 Å². The van der Waals surface area contributed by atoms with E-state index in [4.69, 9.17) is 15.6 Å². The van der Waals surface area contributed by atoms with E-state index in [1.807, 2.05) is 0 Å². The molecule has 1 saturated heterocycles. The maximum Gasteiger partial charge on any atom is 0.0483 e. The van der Waals surface area contributed by atoms with Crippen LogP contribution in [0.2, 0.25) is 0 Å². The summed E-state index contributed by atoms with van der Waals surface area (Å²) in [7, 11) is 0. The summed E-state index contributed by atoms with van der Waals surface area (Å²) in [5, 5.41) is 8.66. The number of aliphatic hydroxyl groups excluding tert-OH is 1. The van der Waals surface area contributed by atoms with Gasteiger partial charge in [-0.3, -0.25) is 0 Å². The molecule has 60 valence electrons. The minimum Gasteiger partial charge on any atom is -0.396 e. The first kappa shape index (κ1) is 7.98. The predicted molar refractivity (Wildman–Crippen MR) is 38.7 cm³/mol. The van der Waals surface area contributed by atoms with E-state index in [1.54, 1.807) is 0 Å². The Morgan fingerprint density at radius 3 is 2.50 bits per heavy atom. The zero-order valence-corrected chi connectivity index (χ0v) is 6.18. The lowest BCUT2D eigenvalue weighted by atomic mass is 9.88. The molecule has 0 aromatic carbocycles. The van der Waals surface area contributed by atoms with Gasteiger partial charge >= 0.3 is 0 Å². The largest absolute Gasteiger partial charge is 0.396 e. The summed E-state index contributed by atoms with van der Waals surface area (Å²) < 4.78 is 5.15. The maximum absolute atomic E-state index is 8.66. The van der Waals surface area contributed by atoms with Gasteiger partial charge in [0.15, 0.2) is 0 Å².